The maximum Gasteiger partial charge on any atom is 0.272 e. The number of hydrogen-bond donors (Lipinski definition) is 3. The minimum atomic E-state index is -0.823. The minimum Gasteiger partial charge on any atom is -0.497 e. The highest BCUT2D eigenvalue weighted by Gasteiger charge is 2.35. The summed E-state index contributed by atoms with van der Waals surface area (Å²) in [4.78, 5) is 39.4. The molecule has 10 heteroatoms. The summed E-state index contributed by atoms with van der Waals surface area (Å²) in [6.07, 6.45) is 0.348. The zero-order valence-corrected chi connectivity index (χ0v) is 18.5. The molecule has 0 spiro atoms. The lowest BCUT2D eigenvalue weighted by Gasteiger charge is -2.32. The molecule has 0 fully saturated rings. The number of ether oxygens (including phenoxy) is 1. The van der Waals surface area contributed by atoms with Gasteiger partial charge in [0.05, 0.1) is 12.8 Å². The average Bonchev–Trinajstić information content (AvgIpc) is 3.05. The predicted molar refractivity (Wildman–Crippen MR) is 117 cm³/mol. The summed E-state index contributed by atoms with van der Waals surface area (Å²) in [7, 11) is 1.53. The summed E-state index contributed by atoms with van der Waals surface area (Å²) in [6, 6.07) is 5.92. The lowest BCUT2D eigenvalue weighted by atomic mass is 10.1. The van der Waals surface area contributed by atoms with Gasteiger partial charge in [-0.3, -0.25) is 19.3 Å². The Morgan fingerprint density at radius 2 is 1.83 bits per heavy atom. The molecule has 0 aliphatic heterocycles. The molecule has 0 aliphatic rings. The molecular formula is C20H27N5O4S. The number of amides is 3. The van der Waals surface area contributed by atoms with Gasteiger partial charge in [0.15, 0.2) is 5.69 Å². The van der Waals surface area contributed by atoms with Crippen LogP contribution >= 0.6 is 11.5 Å². The molecule has 1 aromatic heterocycles. The van der Waals surface area contributed by atoms with E-state index < -0.39 is 23.4 Å². The van der Waals surface area contributed by atoms with Gasteiger partial charge < -0.3 is 21.5 Å². The van der Waals surface area contributed by atoms with Gasteiger partial charge in [-0.2, -0.15) is 4.37 Å². The largest absolute Gasteiger partial charge is 0.497 e. The fourth-order valence-corrected chi connectivity index (χ4v) is 3.60. The van der Waals surface area contributed by atoms with Gasteiger partial charge >= 0.3 is 0 Å². The van der Waals surface area contributed by atoms with E-state index in [4.69, 9.17) is 16.2 Å². The quantitative estimate of drug-likeness (QED) is 0.611. The molecule has 2 rings (SSSR count). The Bertz CT molecular complexity index is 934. The zero-order chi connectivity index (χ0) is 22.6. The Balaban J connectivity index is 2.55. The van der Waals surface area contributed by atoms with Crippen LogP contribution in [-0.4, -0.2) is 40.8 Å². The van der Waals surface area contributed by atoms with Crippen molar-refractivity contribution < 1.29 is 19.1 Å². The van der Waals surface area contributed by atoms with Crippen LogP contribution in [0, 0.1) is 0 Å². The number of methoxy groups -OCH3 is 1. The highest BCUT2D eigenvalue weighted by Crippen LogP contribution is 2.29. The molecule has 1 aromatic carbocycles. The van der Waals surface area contributed by atoms with Gasteiger partial charge in [-0.1, -0.05) is 6.92 Å². The van der Waals surface area contributed by atoms with E-state index in [1.807, 2.05) is 27.7 Å². The fourth-order valence-electron chi connectivity index (χ4n) is 2.86. The molecule has 1 atom stereocenters. The lowest BCUT2D eigenvalue weighted by Crippen LogP contribution is -2.54. The third-order valence-electron chi connectivity index (χ3n) is 4.22. The standard InChI is InChI=1S/C20H27N5O4S/c1-6-13(18(27)23-20(2,3)4)25(11-7-9-12(29-5)10-8-11)19(28)16-14(21)15(17(22)26)24-30-16/h7-10,13H,6,21H2,1-5H3,(H2,22,26)(H,23,27)/t13-/m0/s1. The summed E-state index contributed by atoms with van der Waals surface area (Å²) in [5.41, 5.74) is 11.0. The Morgan fingerprint density at radius 3 is 2.27 bits per heavy atom. The van der Waals surface area contributed by atoms with Crippen LogP contribution in [-0.2, 0) is 4.79 Å². The highest BCUT2D eigenvalue weighted by atomic mass is 32.1. The summed E-state index contributed by atoms with van der Waals surface area (Å²) >= 11 is 0.773. The Morgan fingerprint density at radius 1 is 1.23 bits per heavy atom. The van der Waals surface area contributed by atoms with Crippen molar-refractivity contribution in [1.82, 2.24) is 9.69 Å². The van der Waals surface area contributed by atoms with E-state index in [1.54, 1.807) is 24.3 Å². The van der Waals surface area contributed by atoms with Gasteiger partial charge in [0, 0.05) is 11.2 Å². The van der Waals surface area contributed by atoms with Crippen molar-refractivity contribution in [3.63, 3.8) is 0 Å². The number of aromatic nitrogens is 1. The highest BCUT2D eigenvalue weighted by molar-refractivity contribution is 7.09. The number of nitrogen functional groups attached to an aromatic ring is 1. The number of rotatable bonds is 7. The third-order valence-corrected chi connectivity index (χ3v) is 5.08. The second kappa shape index (κ2) is 9.12. The van der Waals surface area contributed by atoms with Crippen LogP contribution in [0.4, 0.5) is 11.4 Å². The number of nitrogens with zero attached hydrogens (tertiary/aromatic N) is 2. The predicted octanol–water partition coefficient (Wildman–Crippen LogP) is 2.17. The first-order valence-electron chi connectivity index (χ1n) is 9.34. The molecule has 0 aliphatic carbocycles. The van der Waals surface area contributed by atoms with Crippen molar-refractivity contribution in [2.24, 2.45) is 5.73 Å². The van der Waals surface area contributed by atoms with E-state index in [-0.39, 0.29) is 22.2 Å². The molecule has 3 amide bonds. The average molecular weight is 434 g/mol. The van der Waals surface area contributed by atoms with E-state index >= 15 is 0 Å². The number of nitrogens with two attached hydrogens (primary N) is 2. The van der Waals surface area contributed by atoms with Crippen molar-refractivity contribution >= 4 is 40.6 Å². The van der Waals surface area contributed by atoms with E-state index in [0.717, 1.165) is 11.5 Å². The van der Waals surface area contributed by atoms with Crippen LogP contribution < -0.4 is 26.4 Å². The Kier molecular flexibility index (Phi) is 7.04. The first-order valence-corrected chi connectivity index (χ1v) is 10.1. The van der Waals surface area contributed by atoms with Gasteiger partial charge in [0.2, 0.25) is 5.91 Å². The first-order chi connectivity index (χ1) is 14.0. The molecular weight excluding hydrogens is 406 g/mol. The molecule has 0 unspecified atom stereocenters. The normalized spacial score (nSPS) is 12.2. The van der Waals surface area contributed by atoms with Crippen molar-refractivity contribution in [3.05, 3.63) is 34.8 Å². The van der Waals surface area contributed by atoms with E-state index in [9.17, 15) is 14.4 Å². The molecule has 2 aromatic rings. The topological polar surface area (TPSA) is 141 Å². The summed E-state index contributed by atoms with van der Waals surface area (Å²) in [5, 5.41) is 2.91. The number of nitrogens with one attached hydrogen (secondary N) is 1. The van der Waals surface area contributed by atoms with Crippen LogP contribution in [0.25, 0.3) is 0 Å². The SMILES string of the molecule is CC[C@@H](C(=O)NC(C)(C)C)N(C(=O)c1snc(C(N)=O)c1N)c1ccc(OC)cc1. The number of hydrogen-bond acceptors (Lipinski definition) is 7. The van der Waals surface area contributed by atoms with Gasteiger partial charge in [0.25, 0.3) is 11.8 Å². The van der Waals surface area contributed by atoms with Crippen molar-refractivity contribution in [2.45, 2.75) is 45.7 Å². The monoisotopic (exact) mass is 433 g/mol. The molecule has 1 heterocycles. The Labute approximate surface area is 179 Å². The van der Waals surface area contributed by atoms with Crippen molar-refractivity contribution in [2.75, 3.05) is 17.7 Å². The second-order valence-corrected chi connectivity index (χ2v) is 8.45. The van der Waals surface area contributed by atoms with Crippen molar-refractivity contribution in [1.29, 1.82) is 0 Å². The number of benzene rings is 1. The third kappa shape index (κ3) is 5.07. The molecule has 0 saturated carbocycles. The van der Waals surface area contributed by atoms with Crippen molar-refractivity contribution in [3.8, 4) is 5.75 Å². The number of primary amides is 1. The molecule has 0 radical (unpaired) electrons. The molecule has 0 saturated heterocycles. The first kappa shape index (κ1) is 23.1. The molecule has 0 bridgehead atoms. The second-order valence-electron chi connectivity index (χ2n) is 7.67. The lowest BCUT2D eigenvalue weighted by molar-refractivity contribution is -0.123. The molecule has 30 heavy (non-hydrogen) atoms. The molecule has 9 nitrogen and oxygen atoms in total. The van der Waals surface area contributed by atoms with Crippen LogP contribution in [0.1, 0.15) is 54.3 Å². The summed E-state index contributed by atoms with van der Waals surface area (Å²) < 4.78 is 9.08. The van der Waals surface area contributed by atoms with Gasteiger partial charge in [0.1, 0.15) is 16.7 Å². The Hall–Kier alpha value is -3.14. The zero-order valence-electron chi connectivity index (χ0n) is 17.7. The minimum absolute atomic E-state index is 0.0432. The van der Waals surface area contributed by atoms with Crippen LogP contribution in [0.5, 0.6) is 5.75 Å². The maximum absolute atomic E-state index is 13.5. The van der Waals surface area contributed by atoms with Crippen LogP contribution in [0.15, 0.2) is 24.3 Å². The summed E-state index contributed by atoms with van der Waals surface area (Å²) in [5.74, 6) is -1.08. The van der Waals surface area contributed by atoms with Gasteiger partial charge in [-0.05, 0) is 63.0 Å². The number of carbonyl (C=O) groups excluding carboxylic acids is 3. The van der Waals surface area contributed by atoms with E-state index in [0.29, 0.717) is 17.9 Å². The summed E-state index contributed by atoms with van der Waals surface area (Å²) in [6.45, 7) is 7.38. The van der Waals surface area contributed by atoms with Crippen LogP contribution in [0.2, 0.25) is 0 Å². The van der Waals surface area contributed by atoms with Gasteiger partial charge in [-0.15, -0.1) is 0 Å². The number of anilines is 2. The fraction of sp³-hybridized carbons (Fsp3) is 0.400. The van der Waals surface area contributed by atoms with E-state index in [1.165, 1.54) is 12.0 Å². The molecule has 162 valence electrons. The molecule has 5 N–H and O–H groups in total. The van der Waals surface area contributed by atoms with Gasteiger partial charge in [-0.25, -0.2) is 0 Å². The van der Waals surface area contributed by atoms with E-state index in [2.05, 4.69) is 9.69 Å². The maximum atomic E-state index is 13.5. The number of carbonyl (C=O) groups is 3. The smallest absolute Gasteiger partial charge is 0.272 e. The van der Waals surface area contributed by atoms with Crippen LogP contribution in [0.3, 0.4) is 0 Å².